The third-order valence-corrected chi connectivity index (χ3v) is 11.2. The van der Waals surface area contributed by atoms with E-state index in [1.54, 1.807) is 4.57 Å². The van der Waals surface area contributed by atoms with Gasteiger partial charge >= 0.3 is 11.4 Å². The Morgan fingerprint density at radius 2 is 1.64 bits per heavy atom. The molecule has 6 aliphatic rings. The molecule has 172 valence electrons. The van der Waals surface area contributed by atoms with Crippen molar-refractivity contribution in [3.05, 3.63) is 74.6 Å². The summed E-state index contributed by atoms with van der Waals surface area (Å²) in [4.78, 5) is 28.0. The number of nitrogens with zero attached hydrogens (tertiary/aromatic N) is 3. The molecule has 4 bridgehead atoms. The van der Waals surface area contributed by atoms with Crippen molar-refractivity contribution in [1.29, 1.82) is 0 Å². The number of benzene rings is 1. The van der Waals surface area contributed by atoms with Crippen LogP contribution in [0, 0.1) is 28.1 Å². The highest BCUT2D eigenvalue weighted by Crippen LogP contribution is 2.70. The summed E-state index contributed by atoms with van der Waals surface area (Å²) in [6.07, 6.45) is 7.61. The van der Waals surface area contributed by atoms with Crippen LogP contribution in [0.4, 0.5) is 0 Å². The van der Waals surface area contributed by atoms with Gasteiger partial charge < -0.3 is 0 Å². The van der Waals surface area contributed by atoms with Crippen LogP contribution in [0.25, 0.3) is 5.57 Å². The van der Waals surface area contributed by atoms with Gasteiger partial charge in [0, 0.05) is 17.4 Å². The molecule has 2 saturated carbocycles. The topological polar surface area (TPSA) is 48.9 Å². The fourth-order valence-corrected chi connectivity index (χ4v) is 9.11. The number of hydrogen-bond acceptors (Lipinski definition) is 2. The van der Waals surface area contributed by atoms with E-state index in [2.05, 4.69) is 71.0 Å². The van der Waals surface area contributed by atoms with Crippen molar-refractivity contribution in [2.45, 2.75) is 72.0 Å². The predicted molar refractivity (Wildman–Crippen MR) is 129 cm³/mol. The summed E-state index contributed by atoms with van der Waals surface area (Å²) in [5.74, 6) is 0.834. The zero-order valence-electron chi connectivity index (χ0n) is 20.2. The van der Waals surface area contributed by atoms with Crippen molar-refractivity contribution in [3.63, 3.8) is 0 Å². The number of allylic oxidation sites excluding steroid dienone is 4. The molecule has 5 nitrogen and oxygen atoms in total. The van der Waals surface area contributed by atoms with Gasteiger partial charge in [-0.25, -0.2) is 23.5 Å². The summed E-state index contributed by atoms with van der Waals surface area (Å²) in [6.45, 7) is 11.5. The Labute approximate surface area is 194 Å². The second-order valence-corrected chi connectivity index (χ2v) is 12.3. The van der Waals surface area contributed by atoms with Gasteiger partial charge in [-0.3, -0.25) is 0 Å². The molecule has 0 amide bonds. The van der Waals surface area contributed by atoms with Crippen molar-refractivity contribution < 1.29 is 0 Å². The molecule has 5 heteroatoms. The first-order valence-electron chi connectivity index (χ1n) is 12.5. The van der Waals surface area contributed by atoms with Gasteiger partial charge in [0.15, 0.2) is 0 Å². The lowest BCUT2D eigenvalue weighted by atomic mass is 9.48. The Hall–Kier alpha value is -2.56. The smallest absolute Gasteiger partial charge is 0.246 e. The quantitative estimate of drug-likeness (QED) is 0.615. The molecule has 2 aliphatic heterocycles. The number of hydrogen-bond donors (Lipinski definition) is 0. The Morgan fingerprint density at radius 3 is 2.27 bits per heavy atom. The molecule has 2 aromatic rings. The standard InChI is InChI=1S/C28H33N3O2/c1-16-22(17-9-7-6-8-10-17)28(5)20-12-11-19(23(16)28)30-24(32)29(25(33)31(20)30)21-15-18-13-14-27(21,4)26(18,2)3/h6-12,18-21,23H,13-15H2,1-5H3/t18-,19-,20-,21-,23-,27-,28-/m1/s1. The summed E-state index contributed by atoms with van der Waals surface area (Å²) in [5.41, 5.74) is 3.69. The Kier molecular flexibility index (Phi) is 3.45. The summed E-state index contributed by atoms with van der Waals surface area (Å²) in [6, 6.07) is 10.3. The van der Waals surface area contributed by atoms with Crippen LogP contribution in [0.5, 0.6) is 0 Å². The van der Waals surface area contributed by atoms with E-state index in [4.69, 9.17) is 0 Å². The molecule has 0 spiro atoms. The van der Waals surface area contributed by atoms with Gasteiger partial charge in [0.2, 0.25) is 0 Å². The zero-order valence-corrected chi connectivity index (χ0v) is 20.2. The zero-order chi connectivity index (χ0) is 23.1. The van der Waals surface area contributed by atoms with Crippen LogP contribution in [0.15, 0.2) is 57.6 Å². The van der Waals surface area contributed by atoms with Crippen molar-refractivity contribution >= 4 is 5.57 Å². The van der Waals surface area contributed by atoms with E-state index < -0.39 is 0 Å². The van der Waals surface area contributed by atoms with Crippen LogP contribution in [0.2, 0.25) is 0 Å². The molecule has 0 N–H and O–H groups in total. The average molecular weight is 444 g/mol. The maximum atomic E-state index is 14.0. The van der Waals surface area contributed by atoms with Crippen molar-refractivity contribution in [2.75, 3.05) is 0 Å². The Morgan fingerprint density at radius 1 is 0.939 bits per heavy atom. The fraction of sp³-hybridized carbons (Fsp3) is 0.571. The van der Waals surface area contributed by atoms with Crippen LogP contribution in [-0.2, 0) is 0 Å². The monoisotopic (exact) mass is 443 g/mol. The highest BCUT2D eigenvalue weighted by molar-refractivity contribution is 5.81. The van der Waals surface area contributed by atoms with Crippen molar-refractivity contribution in [1.82, 2.24) is 13.9 Å². The summed E-state index contributed by atoms with van der Waals surface area (Å²) < 4.78 is 5.30. The molecule has 0 saturated heterocycles. The first-order chi connectivity index (χ1) is 15.6. The highest BCUT2D eigenvalue weighted by atomic mass is 16.2. The van der Waals surface area contributed by atoms with E-state index in [0.717, 1.165) is 12.8 Å². The van der Waals surface area contributed by atoms with Gasteiger partial charge in [-0.2, -0.15) is 0 Å². The lowest BCUT2D eigenvalue weighted by Crippen LogP contribution is -2.59. The number of aromatic nitrogens is 3. The minimum atomic E-state index is -0.175. The summed E-state index contributed by atoms with van der Waals surface area (Å²) in [7, 11) is 0. The van der Waals surface area contributed by atoms with Gasteiger partial charge in [-0.05, 0) is 54.1 Å². The van der Waals surface area contributed by atoms with E-state index in [0.29, 0.717) is 5.92 Å². The number of fused-ring (bicyclic) bond motifs is 2. The van der Waals surface area contributed by atoms with E-state index in [1.165, 1.54) is 23.1 Å². The normalized spacial score (nSPS) is 41.3. The molecule has 1 aromatic heterocycles. The minimum Gasteiger partial charge on any atom is -0.246 e. The lowest BCUT2D eigenvalue weighted by Gasteiger charge is -2.61. The van der Waals surface area contributed by atoms with Gasteiger partial charge in [-0.15, -0.1) is 0 Å². The largest absolute Gasteiger partial charge is 0.348 e. The van der Waals surface area contributed by atoms with E-state index in [1.807, 2.05) is 15.4 Å². The van der Waals surface area contributed by atoms with E-state index in [-0.39, 0.29) is 51.7 Å². The van der Waals surface area contributed by atoms with Gasteiger partial charge in [0.25, 0.3) is 0 Å². The molecule has 4 aliphatic carbocycles. The second-order valence-electron chi connectivity index (χ2n) is 12.3. The van der Waals surface area contributed by atoms with Crippen molar-refractivity contribution in [3.8, 4) is 0 Å². The van der Waals surface area contributed by atoms with Crippen LogP contribution >= 0.6 is 0 Å². The molecule has 7 atom stereocenters. The molecular weight excluding hydrogens is 410 g/mol. The molecule has 3 heterocycles. The predicted octanol–water partition coefficient (Wildman–Crippen LogP) is 4.97. The van der Waals surface area contributed by atoms with Crippen LogP contribution in [0.3, 0.4) is 0 Å². The Balaban J connectivity index is 1.41. The summed E-state index contributed by atoms with van der Waals surface area (Å²) >= 11 is 0. The number of rotatable bonds is 2. The third kappa shape index (κ3) is 1.92. The first-order valence-corrected chi connectivity index (χ1v) is 12.5. The molecule has 1 aromatic carbocycles. The molecule has 2 fully saturated rings. The fourth-order valence-electron chi connectivity index (χ4n) is 9.11. The first kappa shape index (κ1) is 19.9. The third-order valence-electron chi connectivity index (χ3n) is 11.2. The molecule has 8 rings (SSSR count). The van der Waals surface area contributed by atoms with Gasteiger partial charge in [-0.1, -0.05) is 75.8 Å². The Bertz CT molecular complexity index is 1390. The van der Waals surface area contributed by atoms with Crippen LogP contribution in [-0.4, -0.2) is 13.9 Å². The van der Waals surface area contributed by atoms with Crippen LogP contribution < -0.4 is 11.4 Å². The van der Waals surface area contributed by atoms with Crippen molar-refractivity contribution in [2.24, 2.45) is 28.1 Å². The lowest BCUT2D eigenvalue weighted by molar-refractivity contribution is 0.0566. The molecule has 0 unspecified atom stereocenters. The summed E-state index contributed by atoms with van der Waals surface area (Å²) in [5, 5.41) is 0. The highest BCUT2D eigenvalue weighted by Gasteiger charge is 2.65. The molecular formula is C28H33N3O2. The molecule has 33 heavy (non-hydrogen) atoms. The van der Waals surface area contributed by atoms with Gasteiger partial charge in [0.05, 0.1) is 12.1 Å². The average Bonchev–Trinajstić information content (AvgIpc) is 3.26. The molecule has 0 radical (unpaired) electrons. The minimum absolute atomic E-state index is 0.00985. The maximum Gasteiger partial charge on any atom is 0.348 e. The van der Waals surface area contributed by atoms with E-state index in [9.17, 15) is 9.59 Å². The SMILES string of the molecule is CC1=C(c2ccccc2)[C@]2(C)[C@H]1[C@H]1C=C[C@H]2n2c(=O)n([C@@H]3C[C@H]4CC[C@@]3(C)C4(C)C)c(=O)n21. The maximum absolute atomic E-state index is 14.0. The second kappa shape index (κ2) is 5.73. The van der Waals surface area contributed by atoms with Crippen LogP contribution in [0.1, 0.15) is 77.6 Å². The van der Waals surface area contributed by atoms with E-state index >= 15 is 0 Å². The van der Waals surface area contributed by atoms with Gasteiger partial charge in [0.1, 0.15) is 0 Å².